The molecule has 2 heteroatoms. The largest absolute Gasteiger partial charge is 0.320 e. The maximum atomic E-state index is 12.7. The van der Waals surface area contributed by atoms with E-state index < -0.39 is 0 Å². The van der Waals surface area contributed by atoms with E-state index in [9.17, 15) is 4.39 Å². The highest BCUT2D eigenvalue weighted by Gasteiger charge is 1.98. The van der Waals surface area contributed by atoms with Gasteiger partial charge in [0.2, 0.25) is 0 Å². The SMILES string of the molecule is CNCCCc1ccc(F)cc1C. The zero-order valence-corrected chi connectivity index (χ0v) is 8.23. The van der Waals surface area contributed by atoms with Crippen LogP contribution in [0.25, 0.3) is 0 Å². The molecular formula is C11H16FN. The fourth-order valence-electron chi connectivity index (χ4n) is 1.40. The molecule has 0 amide bonds. The number of hydrogen-bond donors (Lipinski definition) is 1. The van der Waals surface area contributed by atoms with Crippen LogP contribution < -0.4 is 5.32 Å². The normalized spacial score (nSPS) is 10.4. The Balaban J connectivity index is 2.56. The molecule has 0 radical (unpaired) electrons. The quantitative estimate of drug-likeness (QED) is 0.703. The van der Waals surface area contributed by atoms with Gasteiger partial charge in [0, 0.05) is 0 Å². The van der Waals surface area contributed by atoms with Gasteiger partial charge in [-0.15, -0.1) is 0 Å². The molecular weight excluding hydrogens is 165 g/mol. The molecule has 72 valence electrons. The van der Waals surface area contributed by atoms with Crippen LogP contribution in [-0.4, -0.2) is 13.6 Å². The lowest BCUT2D eigenvalue weighted by molar-refractivity contribution is 0.624. The Morgan fingerprint density at radius 3 is 2.77 bits per heavy atom. The van der Waals surface area contributed by atoms with E-state index in [1.54, 1.807) is 6.07 Å². The van der Waals surface area contributed by atoms with Crippen molar-refractivity contribution in [2.24, 2.45) is 0 Å². The van der Waals surface area contributed by atoms with Crippen LogP contribution in [0.15, 0.2) is 18.2 Å². The number of aryl methyl sites for hydroxylation is 2. The first-order valence-electron chi connectivity index (χ1n) is 4.63. The van der Waals surface area contributed by atoms with Crippen LogP contribution >= 0.6 is 0 Å². The van der Waals surface area contributed by atoms with Crippen LogP contribution in [0.2, 0.25) is 0 Å². The molecule has 0 atom stereocenters. The van der Waals surface area contributed by atoms with Crippen LogP contribution in [0.5, 0.6) is 0 Å². The van der Waals surface area contributed by atoms with Crippen LogP contribution in [0, 0.1) is 12.7 Å². The first-order chi connectivity index (χ1) is 6.24. The Morgan fingerprint density at radius 1 is 1.38 bits per heavy atom. The first kappa shape index (κ1) is 10.2. The average Bonchev–Trinajstić information content (AvgIpc) is 2.09. The van der Waals surface area contributed by atoms with Crippen LogP contribution in [-0.2, 0) is 6.42 Å². The Morgan fingerprint density at radius 2 is 2.15 bits per heavy atom. The minimum absolute atomic E-state index is 0.144. The summed E-state index contributed by atoms with van der Waals surface area (Å²) in [6.07, 6.45) is 2.12. The van der Waals surface area contributed by atoms with E-state index in [4.69, 9.17) is 0 Å². The minimum atomic E-state index is -0.144. The predicted molar refractivity (Wildman–Crippen MR) is 53.4 cm³/mol. The van der Waals surface area contributed by atoms with Gasteiger partial charge in [-0.1, -0.05) is 6.07 Å². The number of nitrogens with one attached hydrogen (secondary N) is 1. The summed E-state index contributed by atoms with van der Waals surface area (Å²) in [7, 11) is 1.94. The van der Waals surface area contributed by atoms with E-state index in [-0.39, 0.29) is 5.82 Å². The van der Waals surface area contributed by atoms with Gasteiger partial charge in [-0.3, -0.25) is 0 Å². The summed E-state index contributed by atoms with van der Waals surface area (Å²) in [6, 6.07) is 5.00. The van der Waals surface area contributed by atoms with Gasteiger partial charge in [-0.2, -0.15) is 0 Å². The molecule has 0 bridgehead atoms. The van der Waals surface area contributed by atoms with E-state index in [1.807, 2.05) is 20.0 Å². The lowest BCUT2D eigenvalue weighted by Gasteiger charge is -2.05. The van der Waals surface area contributed by atoms with Crippen molar-refractivity contribution in [3.63, 3.8) is 0 Å². The summed E-state index contributed by atoms with van der Waals surface area (Å²) in [6.45, 7) is 2.97. The fraction of sp³-hybridized carbons (Fsp3) is 0.455. The van der Waals surface area contributed by atoms with E-state index >= 15 is 0 Å². The molecule has 0 unspecified atom stereocenters. The van der Waals surface area contributed by atoms with Crippen LogP contribution in [0.1, 0.15) is 17.5 Å². The standard InChI is InChI=1S/C11H16FN/c1-9-8-11(12)6-5-10(9)4-3-7-13-2/h5-6,8,13H,3-4,7H2,1-2H3. The highest BCUT2D eigenvalue weighted by molar-refractivity contribution is 5.26. The van der Waals surface area contributed by atoms with Crippen molar-refractivity contribution < 1.29 is 4.39 Å². The highest BCUT2D eigenvalue weighted by atomic mass is 19.1. The lowest BCUT2D eigenvalue weighted by Crippen LogP contribution is -2.08. The second-order valence-electron chi connectivity index (χ2n) is 3.28. The van der Waals surface area contributed by atoms with Crippen molar-refractivity contribution in [3.8, 4) is 0 Å². The van der Waals surface area contributed by atoms with Crippen LogP contribution in [0.4, 0.5) is 4.39 Å². The third-order valence-electron chi connectivity index (χ3n) is 2.18. The van der Waals surface area contributed by atoms with Crippen molar-refractivity contribution in [3.05, 3.63) is 35.1 Å². The third-order valence-corrected chi connectivity index (χ3v) is 2.18. The van der Waals surface area contributed by atoms with Crippen LogP contribution in [0.3, 0.4) is 0 Å². The highest BCUT2D eigenvalue weighted by Crippen LogP contribution is 2.11. The number of benzene rings is 1. The maximum absolute atomic E-state index is 12.7. The summed E-state index contributed by atoms with van der Waals surface area (Å²) in [5.41, 5.74) is 2.30. The van der Waals surface area contributed by atoms with Gasteiger partial charge in [0.1, 0.15) is 5.82 Å². The first-order valence-corrected chi connectivity index (χ1v) is 4.63. The van der Waals surface area contributed by atoms with Gasteiger partial charge >= 0.3 is 0 Å². The molecule has 1 aromatic carbocycles. The van der Waals surface area contributed by atoms with E-state index in [1.165, 1.54) is 11.6 Å². The minimum Gasteiger partial charge on any atom is -0.320 e. The van der Waals surface area contributed by atoms with Gasteiger partial charge in [0.05, 0.1) is 0 Å². The molecule has 1 N–H and O–H groups in total. The fourth-order valence-corrected chi connectivity index (χ4v) is 1.40. The Bertz CT molecular complexity index is 271. The zero-order chi connectivity index (χ0) is 9.68. The second-order valence-corrected chi connectivity index (χ2v) is 3.28. The Hall–Kier alpha value is -0.890. The van der Waals surface area contributed by atoms with Gasteiger partial charge in [0.25, 0.3) is 0 Å². The number of halogens is 1. The number of hydrogen-bond acceptors (Lipinski definition) is 1. The summed E-state index contributed by atoms with van der Waals surface area (Å²) < 4.78 is 12.7. The van der Waals surface area contributed by atoms with Crippen molar-refractivity contribution in [1.29, 1.82) is 0 Å². The molecule has 0 saturated heterocycles. The molecule has 0 aromatic heterocycles. The molecule has 0 aliphatic carbocycles. The van der Waals surface area contributed by atoms with E-state index in [2.05, 4.69) is 5.32 Å². The van der Waals surface area contributed by atoms with Gasteiger partial charge in [-0.25, -0.2) is 4.39 Å². The monoisotopic (exact) mass is 181 g/mol. The van der Waals surface area contributed by atoms with Crippen molar-refractivity contribution in [2.75, 3.05) is 13.6 Å². The zero-order valence-electron chi connectivity index (χ0n) is 8.23. The number of rotatable bonds is 4. The van der Waals surface area contributed by atoms with Gasteiger partial charge in [-0.05, 0) is 56.6 Å². The maximum Gasteiger partial charge on any atom is 0.123 e. The second kappa shape index (κ2) is 4.97. The average molecular weight is 181 g/mol. The summed E-state index contributed by atoms with van der Waals surface area (Å²) in [5, 5.41) is 3.09. The van der Waals surface area contributed by atoms with Gasteiger partial charge < -0.3 is 5.32 Å². The molecule has 0 aliphatic rings. The predicted octanol–water partition coefficient (Wildman–Crippen LogP) is 2.29. The molecule has 1 nitrogen and oxygen atoms in total. The smallest absolute Gasteiger partial charge is 0.123 e. The molecule has 0 fully saturated rings. The molecule has 0 saturated carbocycles. The van der Waals surface area contributed by atoms with Crippen molar-refractivity contribution in [1.82, 2.24) is 5.32 Å². The molecule has 0 heterocycles. The summed E-state index contributed by atoms with van der Waals surface area (Å²) in [5.74, 6) is -0.144. The Kier molecular flexibility index (Phi) is 3.90. The summed E-state index contributed by atoms with van der Waals surface area (Å²) >= 11 is 0. The topological polar surface area (TPSA) is 12.0 Å². The molecule has 0 spiro atoms. The Labute approximate surface area is 79.0 Å². The lowest BCUT2D eigenvalue weighted by atomic mass is 10.0. The van der Waals surface area contributed by atoms with Gasteiger partial charge in [0.15, 0.2) is 0 Å². The molecule has 1 rings (SSSR count). The van der Waals surface area contributed by atoms with E-state index in [0.29, 0.717) is 0 Å². The molecule has 13 heavy (non-hydrogen) atoms. The molecule has 1 aromatic rings. The van der Waals surface area contributed by atoms with Crippen molar-refractivity contribution >= 4 is 0 Å². The third kappa shape index (κ3) is 3.15. The summed E-state index contributed by atoms with van der Waals surface area (Å²) in [4.78, 5) is 0. The van der Waals surface area contributed by atoms with Crippen molar-refractivity contribution in [2.45, 2.75) is 19.8 Å². The molecule has 0 aliphatic heterocycles. The van der Waals surface area contributed by atoms with E-state index in [0.717, 1.165) is 24.9 Å².